The van der Waals surface area contributed by atoms with Crippen molar-refractivity contribution < 1.29 is 9.45 Å². The number of hydrogen-bond donors (Lipinski definition) is 1. The summed E-state index contributed by atoms with van der Waals surface area (Å²) in [4.78, 5) is 14.8. The molecular formula is C17H16N4O3. The van der Waals surface area contributed by atoms with Gasteiger partial charge in [0.2, 0.25) is 11.7 Å². The van der Waals surface area contributed by atoms with Gasteiger partial charge in [0.05, 0.1) is 11.5 Å². The van der Waals surface area contributed by atoms with E-state index in [0.29, 0.717) is 23.9 Å². The van der Waals surface area contributed by atoms with Crippen LogP contribution in [-0.4, -0.2) is 15.1 Å². The molecule has 122 valence electrons. The maximum Gasteiger partial charge on any atom is 0.271 e. The molecule has 0 spiro atoms. The van der Waals surface area contributed by atoms with Gasteiger partial charge in [-0.3, -0.25) is 10.1 Å². The largest absolute Gasteiger partial charge is 0.376 e. The molecule has 0 bridgehead atoms. The molecule has 2 aromatic carbocycles. The van der Waals surface area contributed by atoms with Crippen molar-refractivity contribution >= 4 is 11.4 Å². The molecule has 0 fully saturated rings. The zero-order valence-corrected chi connectivity index (χ0v) is 13.3. The van der Waals surface area contributed by atoms with Crippen LogP contribution in [0.4, 0.5) is 11.4 Å². The Kier molecular flexibility index (Phi) is 4.24. The standard InChI is InChI=1S/C17H16N4O3/c1-11-5-3-4-6-14(11)17-19-16(24-20-17)10-18-15-9-13(21(22)23)8-7-12(15)2/h3-9,18H,10H2,1-2H3. The first-order chi connectivity index (χ1) is 11.5. The van der Waals surface area contributed by atoms with Crippen molar-refractivity contribution in [3.8, 4) is 11.4 Å². The van der Waals surface area contributed by atoms with Crippen molar-refractivity contribution in [2.24, 2.45) is 0 Å². The van der Waals surface area contributed by atoms with E-state index in [9.17, 15) is 10.1 Å². The van der Waals surface area contributed by atoms with Crippen molar-refractivity contribution in [3.63, 3.8) is 0 Å². The Hall–Kier alpha value is -3.22. The van der Waals surface area contributed by atoms with E-state index >= 15 is 0 Å². The molecule has 7 heteroatoms. The number of anilines is 1. The summed E-state index contributed by atoms with van der Waals surface area (Å²) >= 11 is 0. The van der Waals surface area contributed by atoms with E-state index in [-0.39, 0.29) is 5.69 Å². The Labute approximate surface area is 138 Å². The Bertz CT molecular complexity index is 889. The molecule has 7 nitrogen and oxygen atoms in total. The lowest BCUT2D eigenvalue weighted by molar-refractivity contribution is -0.384. The zero-order valence-electron chi connectivity index (χ0n) is 13.3. The fraction of sp³-hybridized carbons (Fsp3) is 0.176. The van der Waals surface area contributed by atoms with E-state index in [0.717, 1.165) is 16.7 Å². The average molecular weight is 324 g/mol. The summed E-state index contributed by atoms with van der Waals surface area (Å²) in [7, 11) is 0. The maximum atomic E-state index is 10.9. The minimum atomic E-state index is -0.423. The van der Waals surface area contributed by atoms with Crippen LogP contribution in [0.3, 0.4) is 0 Å². The van der Waals surface area contributed by atoms with E-state index in [1.807, 2.05) is 38.1 Å². The number of benzene rings is 2. The third-order valence-electron chi connectivity index (χ3n) is 3.72. The van der Waals surface area contributed by atoms with Gasteiger partial charge in [0.25, 0.3) is 5.69 Å². The van der Waals surface area contributed by atoms with Crippen LogP contribution < -0.4 is 5.32 Å². The Morgan fingerprint density at radius 2 is 1.96 bits per heavy atom. The number of nitrogens with zero attached hydrogens (tertiary/aromatic N) is 3. The van der Waals surface area contributed by atoms with E-state index in [1.54, 1.807) is 6.07 Å². The van der Waals surface area contributed by atoms with Crippen LogP contribution in [0, 0.1) is 24.0 Å². The molecule has 0 atom stereocenters. The highest BCUT2D eigenvalue weighted by Crippen LogP contribution is 2.23. The van der Waals surface area contributed by atoms with Crippen LogP contribution in [0.25, 0.3) is 11.4 Å². The van der Waals surface area contributed by atoms with E-state index in [4.69, 9.17) is 4.52 Å². The second-order valence-electron chi connectivity index (χ2n) is 5.44. The third kappa shape index (κ3) is 3.24. The minimum absolute atomic E-state index is 0.0363. The van der Waals surface area contributed by atoms with Gasteiger partial charge in [-0.15, -0.1) is 0 Å². The van der Waals surface area contributed by atoms with Crippen LogP contribution in [-0.2, 0) is 6.54 Å². The van der Waals surface area contributed by atoms with Gasteiger partial charge >= 0.3 is 0 Å². The Morgan fingerprint density at radius 3 is 2.71 bits per heavy atom. The number of rotatable bonds is 5. The molecule has 0 amide bonds. The highest BCUT2D eigenvalue weighted by atomic mass is 16.6. The molecule has 0 saturated carbocycles. The van der Waals surface area contributed by atoms with Gasteiger partial charge in [0, 0.05) is 23.4 Å². The monoisotopic (exact) mass is 324 g/mol. The van der Waals surface area contributed by atoms with Gasteiger partial charge in [0.15, 0.2) is 0 Å². The molecule has 24 heavy (non-hydrogen) atoms. The average Bonchev–Trinajstić information content (AvgIpc) is 3.03. The first kappa shape index (κ1) is 15.7. The van der Waals surface area contributed by atoms with Gasteiger partial charge in [-0.05, 0) is 25.0 Å². The van der Waals surface area contributed by atoms with E-state index < -0.39 is 4.92 Å². The fourth-order valence-corrected chi connectivity index (χ4v) is 2.34. The number of nitro groups is 1. The normalized spacial score (nSPS) is 10.6. The fourth-order valence-electron chi connectivity index (χ4n) is 2.34. The predicted molar refractivity (Wildman–Crippen MR) is 89.6 cm³/mol. The zero-order chi connectivity index (χ0) is 17.1. The smallest absolute Gasteiger partial charge is 0.271 e. The molecule has 1 aromatic heterocycles. The van der Waals surface area contributed by atoms with Crippen molar-refractivity contribution in [1.29, 1.82) is 0 Å². The van der Waals surface area contributed by atoms with Crippen LogP contribution in [0.2, 0.25) is 0 Å². The molecule has 0 radical (unpaired) electrons. The number of aromatic nitrogens is 2. The van der Waals surface area contributed by atoms with Crippen molar-refractivity contribution in [1.82, 2.24) is 10.1 Å². The van der Waals surface area contributed by atoms with Gasteiger partial charge in [0.1, 0.15) is 0 Å². The molecule has 3 aromatic rings. The molecule has 0 unspecified atom stereocenters. The molecule has 0 saturated heterocycles. The molecule has 1 heterocycles. The second-order valence-corrected chi connectivity index (χ2v) is 5.44. The van der Waals surface area contributed by atoms with Crippen molar-refractivity contribution in [3.05, 3.63) is 69.6 Å². The second kappa shape index (κ2) is 6.49. The van der Waals surface area contributed by atoms with Gasteiger partial charge in [-0.1, -0.05) is 35.5 Å². The summed E-state index contributed by atoms with van der Waals surface area (Å²) in [6.45, 7) is 4.15. The SMILES string of the molecule is Cc1ccc([N+](=O)[O-])cc1NCc1nc(-c2ccccc2C)no1. The first-order valence-corrected chi connectivity index (χ1v) is 7.42. The Balaban J connectivity index is 1.76. The topological polar surface area (TPSA) is 94.1 Å². The highest BCUT2D eigenvalue weighted by molar-refractivity contribution is 5.59. The lowest BCUT2D eigenvalue weighted by Gasteiger charge is -2.06. The van der Waals surface area contributed by atoms with Crippen LogP contribution in [0.15, 0.2) is 47.0 Å². The lowest BCUT2D eigenvalue weighted by atomic mass is 10.1. The Morgan fingerprint density at radius 1 is 1.17 bits per heavy atom. The lowest BCUT2D eigenvalue weighted by Crippen LogP contribution is -2.02. The molecule has 0 aliphatic carbocycles. The van der Waals surface area contributed by atoms with E-state index in [2.05, 4.69) is 15.5 Å². The van der Waals surface area contributed by atoms with E-state index in [1.165, 1.54) is 12.1 Å². The molecule has 0 aliphatic heterocycles. The summed E-state index contributed by atoms with van der Waals surface area (Å²) in [6, 6.07) is 12.5. The third-order valence-corrected chi connectivity index (χ3v) is 3.72. The van der Waals surface area contributed by atoms with Crippen molar-refractivity contribution in [2.45, 2.75) is 20.4 Å². The predicted octanol–water partition coefficient (Wildman–Crippen LogP) is 3.87. The van der Waals surface area contributed by atoms with Gasteiger partial charge in [-0.2, -0.15) is 4.98 Å². The summed E-state index contributed by atoms with van der Waals surface area (Å²) in [5, 5.41) is 18.0. The van der Waals surface area contributed by atoms with Crippen molar-refractivity contribution in [2.75, 3.05) is 5.32 Å². The van der Waals surface area contributed by atoms with Crippen LogP contribution in [0.1, 0.15) is 17.0 Å². The minimum Gasteiger partial charge on any atom is -0.376 e. The van der Waals surface area contributed by atoms with Gasteiger partial charge < -0.3 is 9.84 Å². The molecular weight excluding hydrogens is 308 g/mol. The molecule has 0 aliphatic rings. The number of hydrogen-bond acceptors (Lipinski definition) is 6. The van der Waals surface area contributed by atoms with Crippen LogP contribution >= 0.6 is 0 Å². The summed E-state index contributed by atoms with van der Waals surface area (Å²) in [5.74, 6) is 0.944. The number of non-ortho nitro benzene ring substituents is 1. The number of aryl methyl sites for hydroxylation is 2. The van der Waals surface area contributed by atoms with Crippen LogP contribution in [0.5, 0.6) is 0 Å². The van der Waals surface area contributed by atoms with Gasteiger partial charge in [-0.25, -0.2) is 0 Å². The molecule has 3 rings (SSSR count). The summed E-state index contributed by atoms with van der Waals surface area (Å²) in [5.41, 5.74) is 3.58. The maximum absolute atomic E-state index is 10.9. The number of nitrogens with one attached hydrogen (secondary N) is 1. The summed E-state index contributed by atoms with van der Waals surface area (Å²) in [6.07, 6.45) is 0. The number of nitro benzene ring substituents is 1. The molecule has 1 N–H and O–H groups in total. The highest BCUT2D eigenvalue weighted by Gasteiger charge is 2.12. The summed E-state index contributed by atoms with van der Waals surface area (Å²) < 4.78 is 5.26. The quantitative estimate of drug-likeness (QED) is 0.565. The first-order valence-electron chi connectivity index (χ1n) is 7.42.